The van der Waals surface area contributed by atoms with Crippen molar-refractivity contribution in [3.8, 4) is 22.9 Å². The van der Waals surface area contributed by atoms with Gasteiger partial charge in [-0.3, -0.25) is 4.90 Å². The van der Waals surface area contributed by atoms with Gasteiger partial charge in [0.05, 0.1) is 14.2 Å². The maximum atomic E-state index is 5.50. The molecule has 3 aliphatic heterocycles. The van der Waals surface area contributed by atoms with Crippen molar-refractivity contribution in [1.82, 2.24) is 24.4 Å². The molecule has 5 heterocycles. The highest BCUT2D eigenvalue weighted by molar-refractivity contribution is 5.64. The third-order valence-corrected chi connectivity index (χ3v) is 9.53. The second kappa shape index (κ2) is 9.28. The number of hydrogen-bond donors (Lipinski definition) is 0. The van der Waals surface area contributed by atoms with Gasteiger partial charge in [0.25, 0.3) is 0 Å². The average molecular weight is 502 g/mol. The highest BCUT2D eigenvalue weighted by atomic mass is 16.5. The molecular formula is C30H39N5O2. The minimum absolute atomic E-state index is 0.608. The summed E-state index contributed by atoms with van der Waals surface area (Å²) in [6, 6.07) is 11.4. The molecule has 7 rings (SSSR count). The molecule has 3 saturated heterocycles. The molecular weight excluding hydrogens is 462 g/mol. The minimum atomic E-state index is 0.608. The molecule has 196 valence electrons. The van der Waals surface area contributed by atoms with Gasteiger partial charge in [-0.15, -0.1) is 5.10 Å². The van der Waals surface area contributed by atoms with E-state index in [0.717, 1.165) is 35.4 Å². The number of fused-ring (bicyclic) bond motifs is 3. The molecule has 0 N–H and O–H groups in total. The number of likely N-dealkylation sites (tertiary alicyclic amines) is 1. The van der Waals surface area contributed by atoms with Gasteiger partial charge in [0.1, 0.15) is 0 Å². The van der Waals surface area contributed by atoms with E-state index in [1.165, 1.54) is 75.6 Å². The summed E-state index contributed by atoms with van der Waals surface area (Å²) in [6.07, 6.45) is 13.2. The fourth-order valence-corrected chi connectivity index (χ4v) is 7.57. The Bertz CT molecular complexity index is 1280. The third kappa shape index (κ3) is 4.20. The minimum Gasteiger partial charge on any atom is -0.493 e. The van der Waals surface area contributed by atoms with Crippen LogP contribution in [0.25, 0.3) is 17.0 Å². The molecule has 4 fully saturated rings. The van der Waals surface area contributed by atoms with Crippen LogP contribution >= 0.6 is 0 Å². The van der Waals surface area contributed by atoms with Gasteiger partial charge in [0, 0.05) is 35.9 Å². The van der Waals surface area contributed by atoms with Crippen LogP contribution in [0.1, 0.15) is 68.4 Å². The number of benzene rings is 1. The van der Waals surface area contributed by atoms with E-state index in [4.69, 9.17) is 19.6 Å². The van der Waals surface area contributed by atoms with Crippen molar-refractivity contribution >= 4 is 5.65 Å². The maximum Gasteiger partial charge on any atom is 0.182 e. The Morgan fingerprint density at radius 3 is 2.19 bits per heavy atom. The van der Waals surface area contributed by atoms with Gasteiger partial charge in [-0.25, -0.2) is 9.50 Å². The lowest BCUT2D eigenvalue weighted by molar-refractivity contribution is 0.0359. The van der Waals surface area contributed by atoms with Crippen molar-refractivity contribution in [3.63, 3.8) is 0 Å². The number of aryl methyl sites for hydroxylation is 1. The zero-order valence-corrected chi connectivity index (χ0v) is 22.4. The first-order valence-electron chi connectivity index (χ1n) is 14.2. The van der Waals surface area contributed by atoms with Crippen LogP contribution in [0.4, 0.5) is 0 Å². The molecule has 1 saturated carbocycles. The van der Waals surface area contributed by atoms with Gasteiger partial charge in [-0.2, -0.15) is 0 Å². The van der Waals surface area contributed by atoms with Crippen LogP contribution < -0.4 is 9.47 Å². The van der Waals surface area contributed by atoms with E-state index in [-0.39, 0.29) is 0 Å². The summed E-state index contributed by atoms with van der Waals surface area (Å²) in [4.78, 5) is 10.6. The molecule has 2 unspecified atom stereocenters. The molecule has 7 nitrogen and oxygen atoms in total. The number of rotatable bonds is 6. The van der Waals surface area contributed by atoms with Crippen molar-refractivity contribution < 1.29 is 9.47 Å². The van der Waals surface area contributed by atoms with Crippen LogP contribution in [-0.4, -0.2) is 75.9 Å². The smallest absolute Gasteiger partial charge is 0.182 e. The number of aromatic nitrogens is 3. The van der Waals surface area contributed by atoms with E-state index in [2.05, 4.69) is 29.0 Å². The average Bonchev–Trinajstić information content (AvgIpc) is 3.63. The molecule has 0 spiro atoms. The van der Waals surface area contributed by atoms with E-state index in [1.54, 1.807) is 14.2 Å². The summed E-state index contributed by atoms with van der Waals surface area (Å²) in [5.74, 6) is 2.73. The molecule has 0 amide bonds. The molecule has 2 bridgehead atoms. The first kappa shape index (κ1) is 23.5. The second-order valence-corrected chi connectivity index (χ2v) is 11.7. The first-order chi connectivity index (χ1) is 18.1. The summed E-state index contributed by atoms with van der Waals surface area (Å²) in [5, 5.41) is 4.89. The molecule has 0 radical (unpaired) electrons. The first-order valence-corrected chi connectivity index (χ1v) is 14.2. The Balaban J connectivity index is 1.10. The lowest BCUT2D eigenvalue weighted by Gasteiger charge is -2.46. The van der Waals surface area contributed by atoms with Crippen LogP contribution in [0, 0.1) is 6.92 Å². The van der Waals surface area contributed by atoms with Crippen LogP contribution in [0.2, 0.25) is 0 Å². The molecule has 1 aromatic carbocycles. The number of piperidine rings is 2. The predicted molar refractivity (Wildman–Crippen MR) is 145 cm³/mol. The molecule has 2 aromatic heterocycles. The van der Waals surface area contributed by atoms with Crippen LogP contribution in [-0.2, 0) is 0 Å². The Kier molecular flexibility index (Phi) is 5.89. The second-order valence-electron chi connectivity index (χ2n) is 11.7. The SMILES string of the molecule is COc1ccc(-c2nc3c(C)cc(C4CC5CCC(C4)N5C4CCN(C5CC5)CC4)cn3n2)cc1OC. The summed E-state index contributed by atoms with van der Waals surface area (Å²) in [6.45, 7) is 4.81. The van der Waals surface area contributed by atoms with E-state index in [9.17, 15) is 0 Å². The van der Waals surface area contributed by atoms with E-state index in [1.807, 2.05) is 22.7 Å². The standard InChI is InChI=1S/C30H39N5O2/c1-19-14-22(18-34-30(19)31-29(32-34)20-4-9-27(36-2)28(17-20)37-3)21-15-25-7-8-26(16-21)35(25)24-10-12-33(13-11-24)23-5-6-23/h4,9,14,17-18,21,23-26H,5-8,10-13,15-16H2,1-3H3. The summed E-state index contributed by atoms with van der Waals surface area (Å²) >= 11 is 0. The molecule has 7 heteroatoms. The van der Waals surface area contributed by atoms with Gasteiger partial charge < -0.3 is 14.4 Å². The molecule has 3 aromatic rings. The summed E-state index contributed by atoms with van der Waals surface area (Å²) in [5.41, 5.74) is 4.48. The summed E-state index contributed by atoms with van der Waals surface area (Å²) in [7, 11) is 3.31. The number of nitrogens with zero attached hydrogens (tertiary/aromatic N) is 5. The van der Waals surface area contributed by atoms with Crippen molar-refractivity contribution in [2.75, 3.05) is 27.3 Å². The zero-order valence-electron chi connectivity index (χ0n) is 22.4. The largest absolute Gasteiger partial charge is 0.493 e. The Morgan fingerprint density at radius 1 is 0.811 bits per heavy atom. The van der Waals surface area contributed by atoms with E-state index in [0.29, 0.717) is 23.2 Å². The number of hydrogen-bond acceptors (Lipinski definition) is 6. The van der Waals surface area contributed by atoms with Crippen molar-refractivity contribution in [3.05, 3.63) is 41.6 Å². The van der Waals surface area contributed by atoms with E-state index >= 15 is 0 Å². The van der Waals surface area contributed by atoms with Gasteiger partial charge in [-0.05, 0) is 107 Å². The van der Waals surface area contributed by atoms with Crippen LogP contribution in [0.5, 0.6) is 11.5 Å². The monoisotopic (exact) mass is 501 g/mol. The zero-order chi connectivity index (χ0) is 25.1. The third-order valence-electron chi connectivity index (χ3n) is 9.53. The normalized spacial score (nSPS) is 27.2. The highest BCUT2D eigenvalue weighted by Crippen LogP contribution is 2.46. The Morgan fingerprint density at radius 2 is 1.51 bits per heavy atom. The number of methoxy groups -OCH3 is 2. The van der Waals surface area contributed by atoms with Gasteiger partial charge in [-0.1, -0.05) is 6.07 Å². The molecule has 4 aliphatic rings. The number of pyridine rings is 1. The van der Waals surface area contributed by atoms with Crippen molar-refractivity contribution in [1.29, 1.82) is 0 Å². The predicted octanol–water partition coefficient (Wildman–Crippen LogP) is 5.06. The molecule has 2 atom stereocenters. The molecule has 1 aliphatic carbocycles. The Hall–Kier alpha value is -2.64. The van der Waals surface area contributed by atoms with Crippen molar-refractivity contribution in [2.45, 2.75) is 88.4 Å². The fourth-order valence-electron chi connectivity index (χ4n) is 7.57. The molecule has 37 heavy (non-hydrogen) atoms. The maximum absolute atomic E-state index is 5.50. The van der Waals surface area contributed by atoms with Crippen molar-refractivity contribution in [2.24, 2.45) is 0 Å². The highest BCUT2D eigenvalue weighted by Gasteiger charge is 2.45. The lowest BCUT2D eigenvalue weighted by atomic mass is 9.83. The van der Waals surface area contributed by atoms with Crippen LogP contribution in [0.15, 0.2) is 30.5 Å². The van der Waals surface area contributed by atoms with Gasteiger partial charge >= 0.3 is 0 Å². The Labute approximate surface area is 219 Å². The summed E-state index contributed by atoms with van der Waals surface area (Å²) < 4.78 is 12.9. The van der Waals surface area contributed by atoms with Gasteiger partial charge in [0.15, 0.2) is 23.0 Å². The van der Waals surface area contributed by atoms with Gasteiger partial charge in [0.2, 0.25) is 0 Å². The number of ether oxygens (including phenoxy) is 2. The van der Waals surface area contributed by atoms with E-state index < -0.39 is 0 Å². The fraction of sp³-hybridized carbons (Fsp3) is 0.600. The van der Waals surface area contributed by atoms with Crippen LogP contribution in [0.3, 0.4) is 0 Å². The topological polar surface area (TPSA) is 55.1 Å². The lowest BCUT2D eigenvalue weighted by Crippen LogP contribution is -2.52. The quantitative estimate of drug-likeness (QED) is 0.471.